The van der Waals surface area contributed by atoms with Gasteiger partial charge in [-0.15, -0.1) is 0 Å². The number of alkyl halides is 3. The maximum atomic E-state index is 14.0. The van der Waals surface area contributed by atoms with Crippen molar-refractivity contribution in [3.05, 3.63) is 35.1 Å². The number of carbonyl (C=O) groups excluding carboxylic acids is 1. The number of halogens is 4. The molecule has 5 nitrogen and oxygen atoms in total. The fourth-order valence-electron chi connectivity index (χ4n) is 3.97. The molecule has 1 heterocycles. The van der Waals surface area contributed by atoms with E-state index in [1.165, 1.54) is 12.1 Å². The quantitative estimate of drug-likeness (QED) is 0.764. The fourth-order valence-corrected chi connectivity index (χ4v) is 3.97. The lowest BCUT2D eigenvalue weighted by Gasteiger charge is -2.33. The van der Waals surface area contributed by atoms with E-state index in [0.29, 0.717) is 24.0 Å². The van der Waals surface area contributed by atoms with Crippen LogP contribution in [0.25, 0.3) is 0 Å². The number of aliphatic carboxylic acids is 1. The molecule has 1 aliphatic carbocycles. The fraction of sp³-hybridized carbons (Fsp3) is 0.556. The highest BCUT2D eigenvalue weighted by atomic mass is 19.4. The van der Waals surface area contributed by atoms with E-state index in [9.17, 15) is 27.2 Å². The number of urea groups is 1. The zero-order valence-corrected chi connectivity index (χ0v) is 14.6. The van der Waals surface area contributed by atoms with Crippen molar-refractivity contribution in [3.63, 3.8) is 0 Å². The van der Waals surface area contributed by atoms with Gasteiger partial charge in [-0.1, -0.05) is 19.1 Å². The van der Waals surface area contributed by atoms with Crippen molar-refractivity contribution in [2.24, 2.45) is 17.8 Å². The lowest BCUT2D eigenvalue weighted by Crippen LogP contribution is -2.44. The van der Waals surface area contributed by atoms with Gasteiger partial charge in [0, 0.05) is 13.1 Å². The van der Waals surface area contributed by atoms with Crippen molar-refractivity contribution >= 4 is 12.0 Å². The molecule has 1 fully saturated rings. The van der Waals surface area contributed by atoms with Gasteiger partial charge in [-0.05, 0) is 36.0 Å². The van der Waals surface area contributed by atoms with Gasteiger partial charge in [0.15, 0.2) is 0 Å². The molecule has 9 heteroatoms. The number of carboxylic acids is 1. The number of amides is 2. The Kier molecular flexibility index (Phi) is 5.05. The largest absolute Gasteiger partial charge is 0.481 e. The Balaban J connectivity index is 1.78. The van der Waals surface area contributed by atoms with Gasteiger partial charge in [-0.2, -0.15) is 13.2 Å². The van der Waals surface area contributed by atoms with E-state index in [4.69, 9.17) is 5.11 Å². The van der Waals surface area contributed by atoms with Crippen molar-refractivity contribution in [2.75, 3.05) is 13.1 Å². The zero-order chi connectivity index (χ0) is 19.9. The Labute approximate surface area is 153 Å². The molecular weight excluding hydrogens is 368 g/mol. The highest BCUT2D eigenvalue weighted by molar-refractivity contribution is 5.78. The molecule has 0 saturated carbocycles. The third kappa shape index (κ3) is 3.72. The number of likely N-dealkylation sites (tertiary alicyclic amines) is 1. The molecule has 1 aromatic rings. The van der Waals surface area contributed by atoms with E-state index >= 15 is 0 Å². The molecule has 0 aromatic heterocycles. The first-order chi connectivity index (χ1) is 12.6. The Bertz CT molecular complexity index is 753. The van der Waals surface area contributed by atoms with Crippen LogP contribution < -0.4 is 5.32 Å². The van der Waals surface area contributed by atoms with E-state index in [-0.39, 0.29) is 11.7 Å². The first-order valence-electron chi connectivity index (χ1n) is 8.71. The number of rotatable bonds is 2. The topological polar surface area (TPSA) is 69.6 Å². The molecule has 3 rings (SSSR count). The van der Waals surface area contributed by atoms with Crippen LogP contribution in [0.3, 0.4) is 0 Å². The van der Waals surface area contributed by atoms with Crippen LogP contribution in [0.15, 0.2) is 18.2 Å². The monoisotopic (exact) mass is 388 g/mol. The third-order valence-corrected chi connectivity index (χ3v) is 5.53. The number of fused-ring (bicyclic) bond motifs is 1. The molecule has 1 aliphatic heterocycles. The van der Waals surface area contributed by atoms with Crippen molar-refractivity contribution in [2.45, 2.75) is 32.0 Å². The summed E-state index contributed by atoms with van der Waals surface area (Å²) in [6, 6.07) is 3.26. The molecule has 1 aromatic carbocycles. The van der Waals surface area contributed by atoms with Crippen LogP contribution in [0, 0.1) is 23.6 Å². The summed E-state index contributed by atoms with van der Waals surface area (Å²) in [6.07, 6.45) is -3.55. The Morgan fingerprint density at radius 2 is 1.96 bits per heavy atom. The molecule has 27 heavy (non-hydrogen) atoms. The Morgan fingerprint density at radius 3 is 2.56 bits per heavy atom. The lowest BCUT2D eigenvalue weighted by molar-refractivity contribution is -0.187. The average molecular weight is 388 g/mol. The number of benzene rings is 1. The second kappa shape index (κ2) is 7.01. The minimum Gasteiger partial charge on any atom is -0.481 e. The first-order valence-corrected chi connectivity index (χ1v) is 8.71. The first kappa shape index (κ1) is 19.4. The molecule has 2 aliphatic rings. The number of hydrogen-bond acceptors (Lipinski definition) is 2. The molecule has 148 valence electrons. The minimum absolute atomic E-state index is 0.0282. The summed E-state index contributed by atoms with van der Waals surface area (Å²) < 4.78 is 53.3. The Morgan fingerprint density at radius 1 is 1.26 bits per heavy atom. The van der Waals surface area contributed by atoms with Gasteiger partial charge in [-0.3, -0.25) is 4.79 Å². The van der Waals surface area contributed by atoms with Crippen LogP contribution in [0.4, 0.5) is 22.4 Å². The Hall–Kier alpha value is -2.32. The second-order valence-electron chi connectivity index (χ2n) is 7.25. The number of nitrogens with zero attached hydrogens (tertiary/aromatic N) is 1. The van der Waals surface area contributed by atoms with Crippen LogP contribution in [0.5, 0.6) is 0 Å². The summed E-state index contributed by atoms with van der Waals surface area (Å²) in [5.74, 6) is -5.77. The van der Waals surface area contributed by atoms with Gasteiger partial charge in [-0.25, -0.2) is 9.18 Å². The molecule has 0 radical (unpaired) electrons. The number of carbonyl (C=O) groups is 2. The summed E-state index contributed by atoms with van der Waals surface area (Å²) >= 11 is 0. The molecule has 0 spiro atoms. The standard InChI is InChI=1S/C18H20F4N2O3/c1-9-5-6-10-11(3-2-4-14(10)19)15(9)23-17(27)24-7-12(16(25)26)13(8-24)18(20,21)22/h2-4,9,12-13,15H,5-8H2,1H3,(H,23,27)(H,25,26)/t9?,12-,13-,15?/m1/s1. The highest BCUT2D eigenvalue weighted by Gasteiger charge is 2.53. The van der Waals surface area contributed by atoms with Gasteiger partial charge in [0.1, 0.15) is 5.82 Å². The van der Waals surface area contributed by atoms with Crippen molar-refractivity contribution in [1.29, 1.82) is 0 Å². The zero-order valence-electron chi connectivity index (χ0n) is 14.6. The summed E-state index contributed by atoms with van der Waals surface area (Å²) in [4.78, 5) is 24.6. The second-order valence-corrected chi connectivity index (χ2v) is 7.25. The molecule has 4 atom stereocenters. The molecular formula is C18H20F4N2O3. The number of nitrogens with one attached hydrogen (secondary N) is 1. The lowest BCUT2D eigenvalue weighted by atomic mass is 9.80. The molecule has 0 bridgehead atoms. The normalized spacial score (nSPS) is 28.0. The van der Waals surface area contributed by atoms with Gasteiger partial charge in [0.25, 0.3) is 0 Å². The number of carboxylic acid groups (broad SMARTS) is 1. The summed E-state index contributed by atoms with van der Waals surface area (Å²) in [7, 11) is 0. The van der Waals surface area contributed by atoms with E-state index in [2.05, 4.69) is 5.32 Å². The van der Waals surface area contributed by atoms with Crippen molar-refractivity contribution in [3.8, 4) is 0 Å². The molecule has 2 N–H and O–H groups in total. The molecule has 1 saturated heterocycles. The van der Waals surface area contributed by atoms with Crippen LogP contribution in [-0.2, 0) is 11.2 Å². The number of hydrogen-bond donors (Lipinski definition) is 2. The van der Waals surface area contributed by atoms with Gasteiger partial charge < -0.3 is 15.3 Å². The van der Waals surface area contributed by atoms with Gasteiger partial charge in [0.05, 0.1) is 17.9 Å². The van der Waals surface area contributed by atoms with Crippen LogP contribution in [-0.4, -0.2) is 41.3 Å². The van der Waals surface area contributed by atoms with Crippen LogP contribution in [0.2, 0.25) is 0 Å². The van der Waals surface area contributed by atoms with Crippen LogP contribution >= 0.6 is 0 Å². The molecule has 2 unspecified atom stereocenters. The maximum Gasteiger partial charge on any atom is 0.394 e. The van der Waals surface area contributed by atoms with E-state index in [1.807, 2.05) is 6.92 Å². The third-order valence-electron chi connectivity index (χ3n) is 5.53. The van der Waals surface area contributed by atoms with E-state index in [0.717, 1.165) is 4.90 Å². The van der Waals surface area contributed by atoms with E-state index < -0.39 is 49.1 Å². The van der Waals surface area contributed by atoms with Crippen LogP contribution in [0.1, 0.15) is 30.5 Å². The SMILES string of the molecule is CC1CCc2c(F)cccc2C1NC(=O)N1C[C@@H](C(F)(F)F)[C@H](C(=O)O)C1. The summed E-state index contributed by atoms with van der Waals surface area (Å²) in [5, 5.41) is 11.8. The average Bonchev–Trinajstić information content (AvgIpc) is 3.04. The highest BCUT2D eigenvalue weighted by Crippen LogP contribution is 2.39. The predicted octanol–water partition coefficient (Wildman–Crippen LogP) is 3.35. The van der Waals surface area contributed by atoms with Gasteiger partial charge in [0.2, 0.25) is 0 Å². The minimum atomic E-state index is -4.70. The van der Waals surface area contributed by atoms with Crippen molar-refractivity contribution in [1.82, 2.24) is 10.2 Å². The maximum absolute atomic E-state index is 14.0. The smallest absolute Gasteiger partial charge is 0.394 e. The molecule has 2 amide bonds. The van der Waals surface area contributed by atoms with E-state index in [1.54, 1.807) is 6.07 Å². The summed E-state index contributed by atoms with van der Waals surface area (Å²) in [5.41, 5.74) is 1.11. The summed E-state index contributed by atoms with van der Waals surface area (Å²) in [6.45, 7) is 0.660. The van der Waals surface area contributed by atoms with Gasteiger partial charge >= 0.3 is 18.2 Å². The predicted molar refractivity (Wildman–Crippen MR) is 87.4 cm³/mol. The van der Waals surface area contributed by atoms with Crippen molar-refractivity contribution < 1.29 is 32.3 Å².